The number of hydrogen-bond acceptors (Lipinski definition) is 6. The van der Waals surface area contributed by atoms with Crippen LogP contribution in [0.1, 0.15) is 85.6 Å². The first kappa shape index (κ1) is 44.3. The molecule has 1 aromatic carbocycles. The maximum absolute atomic E-state index is 11.2. The number of aliphatic imine (C=N–C) groups is 1. The maximum Gasteiger partial charge on any atom is 0.390 e. The van der Waals surface area contributed by atoms with Crippen LogP contribution in [0.5, 0.6) is 0 Å². The van der Waals surface area contributed by atoms with E-state index in [1.54, 1.807) is 0 Å². The molecule has 1 fully saturated rings. The van der Waals surface area contributed by atoms with E-state index < -0.39 is 12.6 Å². The van der Waals surface area contributed by atoms with Gasteiger partial charge in [0.2, 0.25) is 6.41 Å². The number of carbonyl (C=O) groups excluding carboxylic acids is 2. The molecule has 0 aromatic heterocycles. The van der Waals surface area contributed by atoms with Crippen molar-refractivity contribution in [2.75, 3.05) is 18.8 Å². The predicted octanol–water partition coefficient (Wildman–Crippen LogP) is 7.44. The summed E-state index contributed by atoms with van der Waals surface area (Å²) >= 11 is 0. The van der Waals surface area contributed by atoms with Crippen LogP contribution in [0.25, 0.3) is 0 Å². The van der Waals surface area contributed by atoms with Gasteiger partial charge >= 0.3 is 13.0 Å². The molecular formula is C35H55BF3N5O2. The van der Waals surface area contributed by atoms with Gasteiger partial charge in [-0.05, 0) is 64.1 Å². The van der Waals surface area contributed by atoms with Crippen molar-refractivity contribution in [2.45, 2.75) is 104 Å². The van der Waals surface area contributed by atoms with Crippen molar-refractivity contribution in [3.8, 4) is 12.8 Å². The molecule has 1 atom stereocenters. The number of alkyl halides is 3. The van der Waals surface area contributed by atoms with Crippen molar-refractivity contribution in [3.05, 3.63) is 54.0 Å². The summed E-state index contributed by atoms with van der Waals surface area (Å²) < 4.78 is 33.7. The van der Waals surface area contributed by atoms with E-state index in [4.69, 9.17) is 10.5 Å². The Morgan fingerprint density at radius 1 is 1.22 bits per heavy atom. The lowest BCUT2D eigenvalue weighted by Crippen LogP contribution is -2.42. The number of halogens is 3. The molecule has 4 rings (SSSR count). The Balaban J connectivity index is 0. The summed E-state index contributed by atoms with van der Waals surface area (Å²) in [5, 5.41) is 5.41. The van der Waals surface area contributed by atoms with Gasteiger partial charge in [0, 0.05) is 23.9 Å². The molecule has 1 amide bonds. The van der Waals surface area contributed by atoms with Crippen LogP contribution in [-0.4, -0.2) is 56.4 Å². The monoisotopic (exact) mass is 645 g/mol. The zero-order valence-corrected chi connectivity index (χ0v) is 28.6. The molecule has 0 saturated heterocycles. The number of terminal acetylenes is 1. The van der Waals surface area contributed by atoms with Crippen LogP contribution in [0.3, 0.4) is 0 Å². The quantitative estimate of drug-likeness (QED) is 0.0614. The van der Waals surface area contributed by atoms with Gasteiger partial charge in [-0.2, -0.15) is 13.2 Å². The first-order valence-corrected chi connectivity index (χ1v) is 15.6. The number of amides is 1. The molecule has 46 heavy (non-hydrogen) atoms. The molecular weight excluding hydrogens is 590 g/mol. The lowest BCUT2D eigenvalue weighted by molar-refractivity contribution is -0.134. The molecule has 3 aliphatic rings. The highest BCUT2D eigenvalue weighted by Crippen LogP contribution is 2.40. The molecule has 1 aromatic rings. The summed E-state index contributed by atoms with van der Waals surface area (Å²) in [7, 11) is 0. The Bertz CT molecular complexity index is 1110. The van der Waals surface area contributed by atoms with Gasteiger partial charge in [0.15, 0.2) is 0 Å². The van der Waals surface area contributed by atoms with Crippen LogP contribution >= 0.6 is 0 Å². The van der Waals surface area contributed by atoms with E-state index in [2.05, 4.69) is 100 Å². The van der Waals surface area contributed by atoms with Crippen LogP contribution < -0.4 is 16.4 Å². The second kappa shape index (κ2) is 24.4. The maximum atomic E-state index is 11.2. The molecule has 4 N–H and O–H groups in total. The van der Waals surface area contributed by atoms with Gasteiger partial charge in [-0.1, -0.05) is 75.9 Å². The number of carbonyl (C=O) groups is 2. The van der Waals surface area contributed by atoms with Crippen molar-refractivity contribution in [1.82, 2.24) is 10.6 Å². The van der Waals surface area contributed by atoms with Crippen LogP contribution in [0.15, 0.2) is 58.4 Å². The number of nitrogens with zero attached hydrogens (tertiary/aromatic N) is 2. The normalized spacial score (nSPS) is 15.8. The molecule has 7 nitrogen and oxygen atoms in total. The van der Waals surface area contributed by atoms with E-state index in [1.165, 1.54) is 49.0 Å². The van der Waals surface area contributed by atoms with Gasteiger partial charge in [-0.3, -0.25) is 9.79 Å². The molecule has 256 valence electrons. The molecule has 2 aliphatic heterocycles. The fourth-order valence-corrected chi connectivity index (χ4v) is 4.22. The summed E-state index contributed by atoms with van der Waals surface area (Å²) in [6.45, 7) is 20.1. The van der Waals surface area contributed by atoms with E-state index in [-0.39, 0.29) is 18.5 Å². The van der Waals surface area contributed by atoms with Crippen LogP contribution in [0.2, 0.25) is 5.82 Å². The summed E-state index contributed by atoms with van der Waals surface area (Å²) in [5.41, 5.74) is 10.2. The van der Waals surface area contributed by atoms with Gasteiger partial charge in [0.25, 0.3) is 0 Å². The summed E-state index contributed by atoms with van der Waals surface area (Å²) in [4.78, 5) is 26.5. The highest BCUT2D eigenvalue weighted by molar-refractivity contribution is 6.68. The van der Waals surface area contributed by atoms with Crippen molar-refractivity contribution in [2.24, 2.45) is 15.8 Å². The number of anilines is 1. The third kappa shape index (κ3) is 21.8. The van der Waals surface area contributed by atoms with Crippen molar-refractivity contribution in [1.29, 1.82) is 0 Å². The van der Waals surface area contributed by atoms with E-state index in [9.17, 15) is 18.0 Å². The number of hydrogen-bond donors (Lipinski definition) is 3. The highest BCUT2D eigenvalue weighted by atomic mass is 19.4. The Kier molecular flexibility index (Phi) is 23.5. The number of nitrogens with two attached hydrogens (primary N) is 1. The largest absolute Gasteiger partial charge is 0.399 e. The fraction of sp³-hybridized carbons (Fsp3) is 0.543. The highest BCUT2D eigenvalue weighted by Gasteiger charge is 2.34. The Hall–Kier alpha value is -3.81. The standard InChI is InChI=1S/C13H24N2.C8H11N.C7H10BN.C4H6F3NO.C2H2.CH2O/c1-6-7-8-11(10(2)3)12-14-9-13(4,5)15-12;1-2-7-3-5-8(9)6-4-7;1-6-4-5-8(9-6)7-2-3-7;5-4(6,7)1-2-8-3-9;2*1-2/h11H,2,6-9H2,1,3-5H3,(H,14,15);3-6H,2,9H2,1H3;4-5,7H,2-3H2,1H3;3H,1-2H2,(H,8,9);1-2H;1H2. The first-order valence-electron chi connectivity index (χ1n) is 15.6. The van der Waals surface area contributed by atoms with Gasteiger partial charge in [-0.25, -0.2) is 0 Å². The zero-order chi connectivity index (χ0) is 35.8. The number of allylic oxidation sites excluding steroid dienone is 1. The SMILES string of the molecule is C#C.C=C(C)C(CCCC)C1=NCC(C)(C)N1.C=O.CC1=NB(C2CC2)C=C1.CCc1ccc(N)cc1.O=CNCCC(F)(F)F. The Labute approximate surface area is 276 Å². The van der Waals surface area contributed by atoms with Crippen molar-refractivity contribution in [3.63, 3.8) is 0 Å². The molecule has 0 radical (unpaired) electrons. The summed E-state index contributed by atoms with van der Waals surface area (Å²) in [5.74, 6) is 4.72. The van der Waals surface area contributed by atoms with E-state index in [1.807, 2.05) is 24.2 Å². The van der Waals surface area contributed by atoms with Gasteiger partial charge < -0.3 is 26.1 Å². The summed E-state index contributed by atoms with van der Waals surface area (Å²) in [6, 6.07) is 7.96. The molecule has 1 saturated carbocycles. The summed E-state index contributed by atoms with van der Waals surface area (Å²) in [6.07, 6.45) is 12.8. The number of nitrogens with one attached hydrogen (secondary N) is 2. The molecule has 0 spiro atoms. The minimum absolute atomic E-state index is 0.134. The smallest absolute Gasteiger partial charge is 0.390 e. The average Bonchev–Trinajstić information content (AvgIpc) is 3.68. The zero-order valence-electron chi connectivity index (χ0n) is 28.6. The lowest BCUT2D eigenvalue weighted by atomic mass is 9.59. The van der Waals surface area contributed by atoms with Gasteiger partial charge in [-0.15, -0.1) is 12.8 Å². The molecule has 1 unspecified atom stereocenters. The van der Waals surface area contributed by atoms with Crippen LogP contribution in [-0.2, 0) is 16.0 Å². The van der Waals surface area contributed by atoms with Crippen LogP contribution in [0, 0.1) is 18.8 Å². The third-order valence-corrected chi connectivity index (χ3v) is 6.90. The first-order chi connectivity index (χ1) is 21.7. The molecule has 2 heterocycles. The lowest BCUT2D eigenvalue weighted by Gasteiger charge is -2.23. The third-order valence-electron chi connectivity index (χ3n) is 6.90. The van der Waals surface area contributed by atoms with Crippen LogP contribution in [0.4, 0.5) is 18.9 Å². The number of amidine groups is 1. The minimum atomic E-state index is -4.17. The number of nitrogen functional groups attached to an aromatic ring is 1. The number of rotatable bonds is 10. The molecule has 0 bridgehead atoms. The molecule has 1 aliphatic carbocycles. The number of unbranched alkanes of at least 4 members (excludes halogenated alkanes) is 1. The topological polar surface area (TPSA) is 109 Å². The Morgan fingerprint density at radius 2 is 1.80 bits per heavy atom. The second-order valence-corrected chi connectivity index (χ2v) is 11.7. The second-order valence-electron chi connectivity index (χ2n) is 11.7. The number of aryl methyl sites for hydroxylation is 1. The Morgan fingerprint density at radius 3 is 2.17 bits per heavy atom. The fourth-order valence-electron chi connectivity index (χ4n) is 4.22. The van der Waals surface area contributed by atoms with E-state index in [0.717, 1.165) is 30.3 Å². The van der Waals surface area contributed by atoms with Gasteiger partial charge in [0.05, 0.1) is 18.5 Å². The predicted molar refractivity (Wildman–Crippen MR) is 190 cm³/mol. The minimum Gasteiger partial charge on any atom is -0.399 e. The average molecular weight is 646 g/mol. The van der Waals surface area contributed by atoms with E-state index >= 15 is 0 Å². The van der Waals surface area contributed by atoms with E-state index in [0.29, 0.717) is 12.8 Å². The van der Waals surface area contributed by atoms with Gasteiger partial charge in [0.1, 0.15) is 12.6 Å². The van der Waals surface area contributed by atoms with Crippen molar-refractivity contribution < 1.29 is 22.8 Å². The number of benzene rings is 1. The van der Waals surface area contributed by atoms with Crippen molar-refractivity contribution >= 4 is 37.3 Å². The molecule has 11 heteroatoms.